The number of hydrogen-bond acceptors (Lipinski definition) is 2. The van der Waals surface area contributed by atoms with Crippen LogP contribution >= 0.6 is 0 Å². The van der Waals surface area contributed by atoms with Gasteiger partial charge in [-0.15, -0.1) is 0 Å². The normalized spacial score (nSPS) is 41.8. The van der Waals surface area contributed by atoms with Crippen LogP contribution in [0, 0.1) is 46.3 Å². The molecule has 0 heterocycles. The molecule has 0 amide bonds. The lowest BCUT2D eigenvalue weighted by molar-refractivity contribution is -0.148. The minimum atomic E-state index is -0.121. The lowest BCUT2D eigenvalue weighted by Crippen LogP contribution is -2.51. The molecule has 0 aromatic heterocycles. The van der Waals surface area contributed by atoms with Gasteiger partial charge in [0.05, 0.1) is 0 Å². The molecule has 0 aromatic rings. The SMILES string of the molecule is C=C(CC[C@@H](C)[C@H]1CC[C@@H]2[C@H]3CC=C4C[C@@H](OC(C)=O)CC[C@]4(C)[C@@H]3CC[C@@]21C)C(C)C. The van der Waals surface area contributed by atoms with E-state index in [9.17, 15) is 4.79 Å². The van der Waals surface area contributed by atoms with E-state index in [1.807, 2.05) is 0 Å². The van der Waals surface area contributed by atoms with Crippen molar-refractivity contribution >= 4 is 5.97 Å². The minimum Gasteiger partial charge on any atom is -0.462 e. The zero-order valence-electron chi connectivity index (χ0n) is 21.7. The Morgan fingerprint density at radius 3 is 2.56 bits per heavy atom. The lowest BCUT2D eigenvalue weighted by atomic mass is 9.47. The topological polar surface area (TPSA) is 26.3 Å². The summed E-state index contributed by atoms with van der Waals surface area (Å²) >= 11 is 0. The molecule has 4 aliphatic rings. The predicted octanol–water partition coefficient (Wildman–Crippen LogP) is 8.13. The molecule has 0 spiro atoms. The monoisotopic (exact) mass is 440 g/mol. The molecule has 0 bridgehead atoms. The Bertz CT molecular complexity index is 763. The number of esters is 1. The molecule has 0 aliphatic heterocycles. The number of allylic oxidation sites excluding steroid dienone is 2. The number of fused-ring (bicyclic) bond motifs is 5. The Balaban J connectivity index is 1.47. The van der Waals surface area contributed by atoms with Gasteiger partial charge in [0.25, 0.3) is 0 Å². The standard InChI is InChI=1S/C30H48O2/c1-19(2)20(3)8-9-21(4)26-12-13-27-25-11-10-23-18-24(32-22(5)31)14-16-29(23,6)28(25)15-17-30(26,27)7/h10,19,21,24-28H,3,8-9,11-18H2,1-2,4-7H3/t21-,24+,25-,26-,27-,28-,29+,30-/m1/s1. The van der Waals surface area contributed by atoms with Gasteiger partial charge in [0.1, 0.15) is 6.10 Å². The maximum atomic E-state index is 11.5. The van der Waals surface area contributed by atoms with Crippen molar-refractivity contribution in [1.82, 2.24) is 0 Å². The maximum absolute atomic E-state index is 11.5. The van der Waals surface area contributed by atoms with Gasteiger partial charge in [-0.25, -0.2) is 0 Å². The van der Waals surface area contributed by atoms with Crippen molar-refractivity contribution in [1.29, 1.82) is 0 Å². The molecule has 0 unspecified atom stereocenters. The molecule has 4 aliphatic carbocycles. The van der Waals surface area contributed by atoms with E-state index in [0.29, 0.717) is 16.7 Å². The van der Waals surface area contributed by atoms with Crippen molar-refractivity contribution in [3.8, 4) is 0 Å². The average molecular weight is 441 g/mol. The fourth-order valence-corrected chi connectivity index (χ4v) is 8.84. The third-order valence-corrected chi connectivity index (χ3v) is 10.9. The highest BCUT2D eigenvalue weighted by Gasteiger charge is 2.59. The van der Waals surface area contributed by atoms with Crippen LogP contribution in [0.1, 0.15) is 106 Å². The zero-order valence-corrected chi connectivity index (χ0v) is 21.7. The molecule has 0 saturated heterocycles. The van der Waals surface area contributed by atoms with Crippen LogP contribution in [0.25, 0.3) is 0 Å². The van der Waals surface area contributed by atoms with Gasteiger partial charge in [-0.2, -0.15) is 0 Å². The molecule has 2 heteroatoms. The summed E-state index contributed by atoms with van der Waals surface area (Å²) in [6, 6.07) is 0. The molecule has 0 aromatic carbocycles. The summed E-state index contributed by atoms with van der Waals surface area (Å²) in [7, 11) is 0. The third-order valence-electron chi connectivity index (χ3n) is 10.9. The molecule has 0 radical (unpaired) electrons. The second-order valence-electron chi connectivity index (χ2n) is 12.8. The van der Waals surface area contributed by atoms with Crippen molar-refractivity contribution < 1.29 is 9.53 Å². The first kappa shape index (κ1) is 24.1. The molecular weight excluding hydrogens is 392 g/mol. The van der Waals surface area contributed by atoms with Crippen LogP contribution in [0.3, 0.4) is 0 Å². The molecule has 3 fully saturated rings. The Morgan fingerprint density at radius 2 is 1.88 bits per heavy atom. The van der Waals surface area contributed by atoms with Crippen LogP contribution in [0.4, 0.5) is 0 Å². The van der Waals surface area contributed by atoms with E-state index in [1.54, 1.807) is 12.5 Å². The van der Waals surface area contributed by atoms with E-state index in [0.717, 1.165) is 42.4 Å². The first-order valence-electron chi connectivity index (χ1n) is 13.6. The number of carbonyl (C=O) groups is 1. The summed E-state index contributed by atoms with van der Waals surface area (Å²) in [5.74, 6) is 4.76. The van der Waals surface area contributed by atoms with Gasteiger partial charge in [-0.05, 0) is 104 Å². The highest BCUT2D eigenvalue weighted by Crippen LogP contribution is 2.67. The van der Waals surface area contributed by atoms with Crippen LogP contribution in [0.5, 0.6) is 0 Å². The van der Waals surface area contributed by atoms with Crippen LogP contribution in [0.15, 0.2) is 23.8 Å². The van der Waals surface area contributed by atoms with Crippen molar-refractivity contribution in [2.24, 2.45) is 46.3 Å². The van der Waals surface area contributed by atoms with Gasteiger partial charge in [0, 0.05) is 13.3 Å². The molecule has 8 atom stereocenters. The van der Waals surface area contributed by atoms with E-state index in [1.165, 1.54) is 56.9 Å². The molecule has 3 saturated carbocycles. The Kier molecular flexibility index (Phi) is 6.74. The quantitative estimate of drug-likeness (QED) is 0.308. The van der Waals surface area contributed by atoms with Gasteiger partial charge in [0.2, 0.25) is 0 Å². The fourth-order valence-electron chi connectivity index (χ4n) is 8.84. The van der Waals surface area contributed by atoms with Crippen molar-refractivity contribution in [2.75, 3.05) is 0 Å². The summed E-state index contributed by atoms with van der Waals surface area (Å²) in [5.41, 5.74) is 3.90. The lowest BCUT2D eigenvalue weighted by Gasteiger charge is -2.58. The van der Waals surface area contributed by atoms with Gasteiger partial charge in [-0.3, -0.25) is 4.79 Å². The van der Waals surface area contributed by atoms with Gasteiger partial charge >= 0.3 is 5.97 Å². The summed E-state index contributed by atoms with van der Waals surface area (Å²) in [6.45, 7) is 18.2. The number of hydrogen-bond donors (Lipinski definition) is 0. The van der Waals surface area contributed by atoms with Crippen molar-refractivity contribution in [3.63, 3.8) is 0 Å². The van der Waals surface area contributed by atoms with Crippen LogP contribution in [0.2, 0.25) is 0 Å². The van der Waals surface area contributed by atoms with Crippen LogP contribution < -0.4 is 0 Å². The largest absolute Gasteiger partial charge is 0.462 e. The van der Waals surface area contributed by atoms with E-state index in [4.69, 9.17) is 4.74 Å². The second kappa shape index (κ2) is 8.95. The Hall–Kier alpha value is -1.05. The predicted molar refractivity (Wildman–Crippen MR) is 133 cm³/mol. The number of ether oxygens (including phenoxy) is 1. The maximum Gasteiger partial charge on any atom is 0.302 e. The number of carbonyl (C=O) groups excluding carboxylic acids is 1. The highest BCUT2D eigenvalue weighted by atomic mass is 16.5. The smallest absolute Gasteiger partial charge is 0.302 e. The molecule has 0 N–H and O–H groups in total. The Morgan fingerprint density at radius 1 is 1.12 bits per heavy atom. The van der Waals surface area contributed by atoms with E-state index < -0.39 is 0 Å². The van der Waals surface area contributed by atoms with E-state index in [-0.39, 0.29) is 12.1 Å². The first-order chi connectivity index (χ1) is 15.1. The summed E-state index contributed by atoms with van der Waals surface area (Å²) in [4.78, 5) is 11.5. The minimum absolute atomic E-state index is 0.106. The number of rotatable bonds is 6. The molecule has 32 heavy (non-hydrogen) atoms. The molecule has 180 valence electrons. The van der Waals surface area contributed by atoms with Crippen LogP contribution in [-0.4, -0.2) is 12.1 Å². The Labute approximate surface area is 197 Å². The summed E-state index contributed by atoms with van der Waals surface area (Å²) in [6.07, 6.45) is 15.4. The summed E-state index contributed by atoms with van der Waals surface area (Å²) in [5, 5.41) is 0. The third kappa shape index (κ3) is 4.14. The van der Waals surface area contributed by atoms with Crippen molar-refractivity contribution in [3.05, 3.63) is 23.8 Å². The van der Waals surface area contributed by atoms with E-state index in [2.05, 4.69) is 47.3 Å². The summed E-state index contributed by atoms with van der Waals surface area (Å²) < 4.78 is 5.62. The van der Waals surface area contributed by atoms with Gasteiger partial charge < -0.3 is 4.74 Å². The average Bonchev–Trinajstić information content (AvgIpc) is 3.08. The second-order valence-corrected chi connectivity index (χ2v) is 12.8. The van der Waals surface area contributed by atoms with E-state index >= 15 is 0 Å². The van der Waals surface area contributed by atoms with Crippen molar-refractivity contribution in [2.45, 2.75) is 112 Å². The molecular formula is C30H48O2. The first-order valence-corrected chi connectivity index (χ1v) is 13.6. The van der Waals surface area contributed by atoms with Gasteiger partial charge in [-0.1, -0.05) is 58.4 Å². The fraction of sp³-hybridized carbons (Fsp3) is 0.833. The molecule has 4 rings (SSSR count). The highest BCUT2D eigenvalue weighted by molar-refractivity contribution is 5.66. The zero-order chi connectivity index (χ0) is 23.3. The van der Waals surface area contributed by atoms with Gasteiger partial charge in [0.15, 0.2) is 0 Å². The van der Waals surface area contributed by atoms with Crippen LogP contribution in [-0.2, 0) is 9.53 Å². The molecule has 2 nitrogen and oxygen atoms in total.